The fourth-order valence-corrected chi connectivity index (χ4v) is 5.75. The molecular formula is C37H34Cl2O3. The zero-order valence-electron chi connectivity index (χ0n) is 23.8. The highest BCUT2D eigenvalue weighted by molar-refractivity contribution is 6.30. The maximum absolute atomic E-state index is 7.07. The zero-order valence-corrected chi connectivity index (χ0v) is 25.3. The fourth-order valence-electron chi connectivity index (χ4n) is 5.50. The van der Waals surface area contributed by atoms with Gasteiger partial charge in [-0.3, -0.25) is 0 Å². The van der Waals surface area contributed by atoms with E-state index in [4.69, 9.17) is 37.4 Å². The molecule has 5 rings (SSSR count). The maximum Gasteiger partial charge on any atom is 0.143 e. The largest absolute Gasteiger partial charge is 0.497 e. The van der Waals surface area contributed by atoms with Gasteiger partial charge in [0.15, 0.2) is 0 Å². The van der Waals surface area contributed by atoms with Crippen molar-refractivity contribution in [3.05, 3.63) is 165 Å². The molecule has 5 heteroatoms. The minimum atomic E-state index is -0.837. The third-order valence-electron chi connectivity index (χ3n) is 7.67. The lowest BCUT2D eigenvalue weighted by Gasteiger charge is -2.36. The Morgan fingerprint density at radius 1 is 0.548 bits per heavy atom. The van der Waals surface area contributed by atoms with E-state index in [9.17, 15) is 0 Å². The normalized spacial score (nSPS) is 11.5. The quantitative estimate of drug-likeness (QED) is 0.106. The SMILES string of the molecule is COc1ccc(C(OCCCC(c2ccc(Cl)cc2)c2ccc(Cl)cc2)(c2ccccc2)c2ccc(OC)cc2)cc1. The van der Waals surface area contributed by atoms with Crippen LogP contribution in [0.25, 0.3) is 0 Å². The first-order valence-corrected chi connectivity index (χ1v) is 14.8. The molecule has 0 fully saturated rings. The summed E-state index contributed by atoms with van der Waals surface area (Å²) in [7, 11) is 3.36. The van der Waals surface area contributed by atoms with E-state index in [0.717, 1.165) is 51.1 Å². The number of benzene rings is 5. The summed E-state index contributed by atoms with van der Waals surface area (Å²) in [5.41, 5.74) is 4.67. The Hall–Kier alpha value is -3.76. The molecule has 0 N–H and O–H groups in total. The standard InChI is InChI=1S/C37H34Cl2O3/c1-40-34-22-14-30(15-23-34)37(29-7-4-3-5-8-29,31-16-24-35(41-2)25-17-31)42-26-6-9-36(27-10-18-32(38)19-11-27)28-12-20-33(39)21-13-28/h3-5,7-8,10-25,36H,6,9,26H2,1-2H3. The highest BCUT2D eigenvalue weighted by Gasteiger charge is 2.37. The second-order valence-corrected chi connectivity index (χ2v) is 11.0. The van der Waals surface area contributed by atoms with E-state index in [1.807, 2.05) is 54.6 Å². The van der Waals surface area contributed by atoms with Crippen LogP contribution in [0.3, 0.4) is 0 Å². The molecule has 0 heterocycles. The van der Waals surface area contributed by atoms with Gasteiger partial charge in [0, 0.05) is 22.6 Å². The molecule has 214 valence electrons. The highest BCUT2D eigenvalue weighted by atomic mass is 35.5. The zero-order chi connectivity index (χ0) is 29.4. The lowest BCUT2D eigenvalue weighted by Crippen LogP contribution is -2.33. The van der Waals surface area contributed by atoms with Gasteiger partial charge in [0.2, 0.25) is 0 Å². The van der Waals surface area contributed by atoms with Gasteiger partial charge in [0.25, 0.3) is 0 Å². The molecule has 0 aromatic heterocycles. The first kappa shape index (κ1) is 29.7. The molecule has 0 aliphatic rings. The summed E-state index contributed by atoms with van der Waals surface area (Å²) < 4.78 is 18.0. The smallest absolute Gasteiger partial charge is 0.143 e. The molecule has 0 atom stereocenters. The van der Waals surface area contributed by atoms with Crippen molar-refractivity contribution in [1.29, 1.82) is 0 Å². The minimum Gasteiger partial charge on any atom is -0.497 e. The number of hydrogen-bond acceptors (Lipinski definition) is 3. The second kappa shape index (κ2) is 13.9. The van der Waals surface area contributed by atoms with Crippen molar-refractivity contribution in [3.63, 3.8) is 0 Å². The van der Waals surface area contributed by atoms with Crippen LogP contribution in [-0.4, -0.2) is 20.8 Å². The Morgan fingerprint density at radius 2 is 0.976 bits per heavy atom. The molecule has 5 aromatic rings. The van der Waals surface area contributed by atoms with E-state index in [2.05, 4.69) is 72.8 Å². The average Bonchev–Trinajstić information content (AvgIpc) is 3.05. The third kappa shape index (κ3) is 6.65. The van der Waals surface area contributed by atoms with Crippen LogP contribution in [-0.2, 0) is 10.3 Å². The van der Waals surface area contributed by atoms with Gasteiger partial charge < -0.3 is 14.2 Å². The topological polar surface area (TPSA) is 27.7 Å². The van der Waals surface area contributed by atoms with Crippen molar-refractivity contribution in [2.45, 2.75) is 24.4 Å². The van der Waals surface area contributed by atoms with E-state index in [1.54, 1.807) is 14.2 Å². The van der Waals surface area contributed by atoms with Crippen LogP contribution in [0.2, 0.25) is 10.0 Å². The molecular weight excluding hydrogens is 563 g/mol. The van der Waals surface area contributed by atoms with Crippen LogP contribution in [0.5, 0.6) is 11.5 Å². The van der Waals surface area contributed by atoms with Gasteiger partial charge in [-0.2, -0.15) is 0 Å². The van der Waals surface area contributed by atoms with Gasteiger partial charge >= 0.3 is 0 Å². The monoisotopic (exact) mass is 596 g/mol. The minimum absolute atomic E-state index is 0.177. The second-order valence-electron chi connectivity index (χ2n) is 10.2. The summed E-state index contributed by atoms with van der Waals surface area (Å²) in [5.74, 6) is 1.77. The molecule has 0 bridgehead atoms. The van der Waals surface area contributed by atoms with Gasteiger partial charge in [-0.1, -0.05) is 102 Å². The number of methoxy groups -OCH3 is 2. The Balaban J connectivity index is 1.49. The number of hydrogen-bond donors (Lipinski definition) is 0. The average molecular weight is 598 g/mol. The number of halogens is 2. The van der Waals surface area contributed by atoms with Crippen molar-refractivity contribution in [2.75, 3.05) is 20.8 Å². The van der Waals surface area contributed by atoms with Gasteiger partial charge in [0.05, 0.1) is 14.2 Å². The first-order chi connectivity index (χ1) is 20.5. The van der Waals surface area contributed by atoms with Crippen molar-refractivity contribution in [2.24, 2.45) is 0 Å². The van der Waals surface area contributed by atoms with E-state index in [0.29, 0.717) is 6.61 Å². The van der Waals surface area contributed by atoms with Crippen molar-refractivity contribution >= 4 is 23.2 Å². The summed E-state index contributed by atoms with van der Waals surface area (Å²) in [6.07, 6.45) is 1.72. The molecule has 0 saturated heterocycles. The predicted molar refractivity (Wildman–Crippen MR) is 172 cm³/mol. The van der Waals surface area contributed by atoms with Gasteiger partial charge in [0.1, 0.15) is 17.1 Å². The van der Waals surface area contributed by atoms with Crippen LogP contribution in [0.1, 0.15) is 46.6 Å². The molecule has 0 saturated carbocycles. The number of ether oxygens (including phenoxy) is 3. The lowest BCUT2D eigenvalue weighted by atomic mass is 9.80. The predicted octanol–water partition coefficient (Wildman–Crippen LogP) is 9.93. The van der Waals surface area contributed by atoms with Crippen LogP contribution >= 0.6 is 23.2 Å². The molecule has 0 spiro atoms. The van der Waals surface area contributed by atoms with E-state index >= 15 is 0 Å². The Morgan fingerprint density at radius 3 is 1.40 bits per heavy atom. The molecule has 5 aromatic carbocycles. The van der Waals surface area contributed by atoms with E-state index in [-0.39, 0.29) is 5.92 Å². The molecule has 3 nitrogen and oxygen atoms in total. The van der Waals surface area contributed by atoms with Gasteiger partial charge in [-0.25, -0.2) is 0 Å². The van der Waals surface area contributed by atoms with Crippen molar-refractivity contribution in [1.82, 2.24) is 0 Å². The van der Waals surface area contributed by atoms with Crippen molar-refractivity contribution in [3.8, 4) is 11.5 Å². The summed E-state index contributed by atoms with van der Waals surface area (Å²) in [6.45, 7) is 0.532. The molecule has 0 aliphatic carbocycles. The fraction of sp³-hybridized carbons (Fsp3) is 0.189. The van der Waals surface area contributed by atoms with Crippen molar-refractivity contribution < 1.29 is 14.2 Å². The van der Waals surface area contributed by atoms with E-state index in [1.165, 1.54) is 11.1 Å². The van der Waals surface area contributed by atoms with E-state index < -0.39 is 5.60 Å². The Kier molecular flexibility index (Phi) is 9.86. The summed E-state index contributed by atoms with van der Waals surface area (Å²) >= 11 is 12.4. The van der Waals surface area contributed by atoms with Crippen LogP contribution < -0.4 is 9.47 Å². The first-order valence-electron chi connectivity index (χ1n) is 14.0. The molecule has 0 amide bonds. The highest BCUT2D eigenvalue weighted by Crippen LogP contribution is 2.42. The summed E-state index contributed by atoms with van der Waals surface area (Å²) in [5, 5.41) is 1.45. The summed E-state index contributed by atoms with van der Waals surface area (Å²) in [4.78, 5) is 0. The molecule has 0 aliphatic heterocycles. The van der Waals surface area contributed by atoms with Crippen LogP contribution in [0.4, 0.5) is 0 Å². The molecule has 0 radical (unpaired) electrons. The summed E-state index contributed by atoms with van der Waals surface area (Å²) in [6, 6.07) is 42.9. The Bertz CT molecular complexity index is 1440. The molecule has 42 heavy (non-hydrogen) atoms. The van der Waals surface area contributed by atoms with Crippen LogP contribution in [0, 0.1) is 0 Å². The third-order valence-corrected chi connectivity index (χ3v) is 8.18. The van der Waals surface area contributed by atoms with Gasteiger partial charge in [-0.15, -0.1) is 0 Å². The van der Waals surface area contributed by atoms with Crippen LogP contribution in [0.15, 0.2) is 127 Å². The van der Waals surface area contributed by atoms with Gasteiger partial charge in [-0.05, 0) is 89.2 Å². The number of rotatable bonds is 12. The molecule has 0 unspecified atom stereocenters. The Labute approximate surface area is 258 Å². The lowest BCUT2D eigenvalue weighted by molar-refractivity contribution is 0.0104. The maximum atomic E-state index is 7.07.